The van der Waals surface area contributed by atoms with Gasteiger partial charge in [-0.2, -0.15) is 0 Å². The second-order valence-electron chi connectivity index (χ2n) is 6.51. The molecule has 154 valence electrons. The smallest absolute Gasteiger partial charge is 0.166 e. The summed E-state index contributed by atoms with van der Waals surface area (Å²) in [7, 11) is 0. The van der Waals surface area contributed by atoms with Crippen LogP contribution < -0.4 is 14.8 Å². The molecule has 0 bridgehead atoms. The van der Waals surface area contributed by atoms with E-state index in [0.29, 0.717) is 26.3 Å². The Morgan fingerprint density at radius 3 is 2.24 bits per heavy atom. The third kappa shape index (κ3) is 6.79. The maximum Gasteiger partial charge on any atom is 0.166 e. The van der Waals surface area contributed by atoms with Crippen LogP contribution in [-0.4, -0.2) is 18.3 Å². The summed E-state index contributed by atoms with van der Waals surface area (Å²) in [5.41, 5.74) is 3.01. The van der Waals surface area contributed by atoms with E-state index in [2.05, 4.69) is 5.32 Å². The van der Waals surface area contributed by atoms with Gasteiger partial charge in [-0.25, -0.2) is 0 Å². The summed E-state index contributed by atoms with van der Waals surface area (Å²) in [4.78, 5) is 0. The quantitative estimate of drug-likeness (QED) is 0.496. The molecule has 0 radical (unpaired) electrons. The zero-order chi connectivity index (χ0) is 19.6. The predicted molar refractivity (Wildman–Crippen MR) is 119 cm³/mol. The van der Waals surface area contributed by atoms with E-state index in [1.165, 1.54) is 0 Å². The lowest BCUT2D eigenvalue weighted by Crippen LogP contribution is -2.21. The third-order valence-electron chi connectivity index (χ3n) is 4.42. The van der Waals surface area contributed by atoms with E-state index in [-0.39, 0.29) is 12.4 Å². The first kappa shape index (κ1) is 22.8. The molecule has 1 unspecified atom stereocenters. The molecule has 0 saturated heterocycles. The fourth-order valence-electron chi connectivity index (χ4n) is 3.00. The van der Waals surface area contributed by atoms with Crippen molar-refractivity contribution in [3.05, 3.63) is 95.6 Å². The number of nitrogens with one attached hydrogen (secondary N) is 1. The van der Waals surface area contributed by atoms with E-state index in [0.717, 1.165) is 28.2 Å². The van der Waals surface area contributed by atoms with Crippen LogP contribution in [0.4, 0.5) is 0 Å². The van der Waals surface area contributed by atoms with Crippen molar-refractivity contribution in [1.82, 2.24) is 5.32 Å². The second kappa shape index (κ2) is 12.1. The van der Waals surface area contributed by atoms with Gasteiger partial charge in [0, 0.05) is 18.7 Å². The molecule has 0 aliphatic carbocycles. The van der Waals surface area contributed by atoms with Gasteiger partial charge in [0.15, 0.2) is 11.5 Å². The molecule has 3 aromatic carbocycles. The number of rotatable bonds is 10. The number of aliphatic hydroxyl groups excluding tert-OH is 1. The van der Waals surface area contributed by atoms with Crippen molar-refractivity contribution in [3.8, 4) is 11.5 Å². The normalized spacial score (nSPS) is 11.4. The SMILES string of the molecule is CCOc1cccc(CNCC(O)c2ccccc2)c1OCc1ccccc1.Cl. The molecule has 4 nitrogen and oxygen atoms in total. The molecule has 0 heterocycles. The first-order valence-electron chi connectivity index (χ1n) is 9.63. The molecule has 3 rings (SSSR count). The molecule has 0 spiro atoms. The third-order valence-corrected chi connectivity index (χ3v) is 4.42. The van der Waals surface area contributed by atoms with Crippen molar-refractivity contribution in [1.29, 1.82) is 0 Å². The highest BCUT2D eigenvalue weighted by Gasteiger charge is 2.13. The van der Waals surface area contributed by atoms with Crippen molar-refractivity contribution < 1.29 is 14.6 Å². The standard InChI is InChI=1S/C24H27NO3.ClH/c1-2-27-23-15-9-14-21(24(23)28-18-19-10-5-3-6-11-19)16-25-17-22(26)20-12-7-4-8-13-20;/h3-15,22,25-26H,2,16-18H2,1H3;1H. The summed E-state index contributed by atoms with van der Waals surface area (Å²) >= 11 is 0. The van der Waals surface area contributed by atoms with Gasteiger partial charge in [-0.3, -0.25) is 0 Å². The first-order valence-corrected chi connectivity index (χ1v) is 9.63. The molecule has 0 aliphatic heterocycles. The average molecular weight is 414 g/mol. The molecule has 0 saturated carbocycles. The predicted octanol–water partition coefficient (Wildman–Crippen LogP) is 4.91. The van der Waals surface area contributed by atoms with Gasteiger partial charge in [0.05, 0.1) is 12.7 Å². The Bertz CT molecular complexity index is 843. The molecule has 2 N–H and O–H groups in total. The Kier molecular flexibility index (Phi) is 9.51. The first-order chi connectivity index (χ1) is 13.8. The monoisotopic (exact) mass is 413 g/mol. The fourth-order valence-corrected chi connectivity index (χ4v) is 3.00. The number of para-hydroxylation sites is 1. The number of hydrogen-bond acceptors (Lipinski definition) is 4. The minimum Gasteiger partial charge on any atom is -0.490 e. The highest BCUT2D eigenvalue weighted by molar-refractivity contribution is 5.85. The van der Waals surface area contributed by atoms with Crippen LogP contribution in [0.5, 0.6) is 11.5 Å². The van der Waals surface area contributed by atoms with E-state index in [1.54, 1.807) is 0 Å². The van der Waals surface area contributed by atoms with Crippen LogP contribution in [0.15, 0.2) is 78.9 Å². The van der Waals surface area contributed by atoms with Crippen LogP contribution in [0.25, 0.3) is 0 Å². The van der Waals surface area contributed by atoms with Crippen molar-refractivity contribution in [3.63, 3.8) is 0 Å². The summed E-state index contributed by atoms with van der Waals surface area (Å²) in [5, 5.41) is 13.7. The van der Waals surface area contributed by atoms with Crippen LogP contribution >= 0.6 is 12.4 Å². The molecule has 3 aromatic rings. The zero-order valence-electron chi connectivity index (χ0n) is 16.6. The van der Waals surface area contributed by atoms with E-state index >= 15 is 0 Å². The molecule has 5 heteroatoms. The number of halogens is 1. The maximum atomic E-state index is 10.3. The fraction of sp³-hybridized carbons (Fsp3) is 0.250. The highest BCUT2D eigenvalue weighted by atomic mass is 35.5. The van der Waals surface area contributed by atoms with Gasteiger partial charge in [-0.1, -0.05) is 72.8 Å². The number of benzene rings is 3. The molecular formula is C24H28ClNO3. The van der Waals surface area contributed by atoms with Gasteiger partial charge in [0.25, 0.3) is 0 Å². The number of ether oxygens (including phenoxy) is 2. The minimum atomic E-state index is -0.551. The van der Waals surface area contributed by atoms with Gasteiger partial charge in [0.1, 0.15) is 6.61 Å². The largest absolute Gasteiger partial charge is 0.490 e. The molecule has 0 aromatic heterocycles. The van der Waals surface area contributed by atoms with Crippen LogP contribution in [-0.2, 0) is 13.2 Å². The Morgan fingerprint density at radius 2 is 1.55 bits per heavy atom. The van der Waals surface area contributed by atoms with Crippen LogP contribution in [0.1, 0.15) is 29.7 Å². The van der Waals surface area contributed by atoms with E-state index < -0.39 is 6.10 Å². The summed E-state index contributed by atoms with van der Waals surface area (Å²) in [6.07, 6.45) is -0.551. The Balaban J connectivity index is 0.00000300. The molecule has 0 aliphatic rings. The van der Waals surface area contributed by atoms with Crippen LogP contribution in [0.3, 0.4) is 0 Å². The Hall–Kier alpha value is -2.53. The summed E-state index contributed by atoms with van der Waals surface area (Å²) < 4.78 is 11.9. The van der Waals surface area contributed by atoms with E-state index in [4.69, 9.17) is 9.47 Å². The lowest BCUT2D eigenvalue weighted by molar-refractivity contribution is 0.174. The Labute approximate surface area is 178 Å². The topological polar surface area (TPSA) is 50.7 Å². The molecule has 1 atom stereocenters. The molecule has 0 amide bonds. The zero-order valence-corrected chi connectivity index (χ0v) is 17.4. The van der Waals surface area contributed by atoms with Crippen molar-refractivity contribution in [2.45, 2.75) is 26.2 Å². The van der Waals surface area contributed by atoms with Gasteiger partial charge in [-0.05, 0) is 24.1 Å². The summed E-state index contributed by atoms with van der Waals surface area (Å²) in [5.74, 6) is 1.48. The number of aliphatic hydroxyl groups is 1. The van der Waals surface area contributed by atoms with E-state index in [9.17, 15) is 5.11 Å². The van der Waals surface area contributed by atoms with Gasteiger partial charge < -0.3 is 19.9 Å². The highest BCUT2D eigenvalue weighted by Crippen LogP contribution is 2.32. The van der Waals surface area contributed by atoms with Gasteiger partial charge >= 0.3 is 0 Å². The van der Waals surface area contributed by atoms with Crippen LogP contribution in [0.2, 0.25) is 0 Å². The van der Waals surface area contributed by atoms with Crippen LogP contribution in [0, 0.1) is 0 Å². The van der Waals surface area contributed by atoms with Crippen molar-refractivity contribution in [2.75, 3.05) is 13.2 Å². The van der Waals surface area contributed by atoms with Crippen molar-refractivity contribution in [2.24, 2.45) is 0 Å². The van der Waals surface area contributed by atoms with Crippen molar-refractivity contribution >= 4 is 12.4 Å². The minimum absolute atomic E-state index is 0. The average Bonchev–Trinajstić information content (AvgIpc) is 2.74. The second-order valence-corrected chi connectivity index (χ2v) is 6.51. The molecular weight excluding hydrogens is 386 g/mol. The Morgan fingerprint density at radius 1 is 0.862 bits per heavy atom. The maximum absolute atomic E-state index is 10.3. The van der Waals surface area contributed by atoms with Gasteiger partial charge in [0.2, 0.25) is 0 Å². The summed E-state index contributed by atoms with van der Waals surface area (Å²) in [6.45, 7) is 4.05. The number of hydrogen-bond donors (Lipinski definition) is 2. The van der Waals surface area contributed by atoms with E-state index in [1.807, 2.05) is 85.8 Å². The molecule has 0 fully saturated rings. The summed E-state index contributed by atoms with van der Waals surface area (Å²) in [6, 6.07) is 25.6. The van der Waals surface area contributed by atoms with Gasteiger partial charge in [-0.15, -0.1) is 12.4 Å². The molecule has 29 heavy (non-hydrogen) atoms. The lowest BCUT2D eigenvalue weighted by Gasteiger charge is -2.17. The lowest BCUT2D eigenvalue weighted by atomic mass is 10.1.